The number of amides is 1. The fourth-order valence-electron chi connectivity index (χ4n) is 2.31. The molecule has 1 N–H and O–H groups in total. The van der Waals surface area contributed by atoms with Crippen LogP contribution in [0, 0.1) is 5.82 Å². The first-order valence-corrected chi connectivity index (χ1v) is 7.20. The third kappa shape index (κ3) is 3.34. The standard InChI is InChI=1S/C18H21FN2O/c1-18(21(2)3,15-7-5-4-6-8-15)17(22)20-13-14-9-11-16(19)12-10-14/h4-12H,13H2,1-3H3,(H,20,22). The molecule has 2 rings (SSSR count). The largest absolute Gasteiger partial charge is 0.350 e. The number of hydrogen-bond donors (Lipinski definition) is 1. The van der Waals surface area contributed by atoms with E-state index in [2.05, 4.69) is 5.32 Å². The Balaban J connectivity index is 2.15. The fourth-order valence-corrected chi connectivity index (χ4v) is 2.31. The Kier molecular flexibility index (Phi) is 4.93. The highest BCUT2D eigenvalue weighted by Crippen LogP contribution is 2.26. The van der Waals surface area contributed by atoms with Crippen LogP contribution in [0.4, 0.5) is 4.39 Å². The molecule has 0 aromatic heterocycles. The third-order valence-electron chi connectivity index (χ3n) is 4.04. The number of carbonyl (C=O) groups is 1. The average Bonchev–Trinajstić information content (AvgIpc) is 2.53. The van der Waals surface area contributed by atoms with Gasteiger partial charge in [0.1, 0.15) is 11.4 Å². The zero-order valence-corrected chi connectivity index (χ0v) is 13.1. The Morgan fingerprint density at radius 1 is 1.09 bits per heavy atom. The minimum atomic E-state index is -0.763. The molecule has 0 bridgehead atoms. The van der Waals surface area contributed by atoms with Crippen molar-refractivity contribution in [1.82, 2.24) is 10.2 Å². The topological polar surface area (TPSA) is 32.3 Å². The second-order valence-electron chi connectivity index (χ2n) is 5.64. The molecule has 0 spiro atoms. The van der Waals surface area contributed by atoms with Gasteiger partial charge in [0, 0.05) is 6.54 Å². The summed E-state index contributed by atoms with van der Waals surface area (Å²) >= 11 is 0. The van der Waals surface area contributed by atoms with Crippen LogP contribution in [0.15, 0.2) is 54.6 Å². The van der Waals surface area contributed by atoms with Gasteiger partial charge in [-0.2, -0.15) is 0 Å². The first-order chi connectivity index (χ1) is 10.4. The Bertz CT molecular complexity index is 625. The molecule has 1 amide bonds. The van der Waals surface area contributed by atoms with Gasteiger partial charge in [-0.25, -0.2) is 4.39 Å². The van der Waals surface area contributed by atoms with E-state index in [1.165, 1.54) is 12.1 Å². The highest BCUT2D eigenvalue weighted by Gasteiger charge is 2.37. The number of nitrogens with one attached hydrogen (secondary N) is 1. The van der Waals surface area contributed by atoms with Crippen molar-refractivity contribution in [3.8, 4) is 0 Å². The maximum Gasteiger partial charge on any atom is 0.245 e. The van der Waals surface area contributed by atoms with Gasteiger partial charge in [-0.3, -0.25) is 9.69 Å². The lowest BCUT2D eigenvalue weighted by Crippen LogP contribution is -2.51. The number of likely N-dealkylation sites (N-methyl/N-ethyl adjacent to an activating group) is 1. The zero-order chi connectivity index (χ0) is 16.2. The number of carbonyl (C=O) groups excluding carboxylic acids is 1. The average molecular weight is 300 g/mol. The molecule has 2 aromatic rings. The number of benzene rings is 2. The summed E-state index contributed by atoms with van der Waals surface area (Å²) in [6.45, 7) is 2.26. The molecule has 0 heterocycles. The molecule has 116 valence electrons. The first kappa shape index (κ1) is 16.2. The molecular weight excluding hydrogens is 279 g/mol. The molecule has 0 aliphatic carbocycles. The van der Waals surface area contributed by atoms with Crippen molar-refractivity contribution in [1.29, 1.82) is 0 Å². The van der Waals surface area contributed by atoms with Crippen molar-refractivity contribution >= 4 is 5.91 Å². The zero-order valence-electron chi connectivity index (χ0n) is 13.1. The van der Waals surface area contributed by atoms with Gasteiger partial charge in [0.05, 0.1) is 0 Å². The van der Waals surface area contributed by atoms with Gasteiger partial charge < -0.3 is 5.32 Å². The van der Waals surface area contributed by atoms with Crippen LogP contribution < -0.4 is 5.32 Å². The van der Waals surface area contributed by atoms with E-state index in [9.17, 15) is 9.18 Å². The highest BCUT2D eigenvalue weighted by atomic mass is 19.1. The quantitative estimate of drug-likeness (QED) is 0.921. The van der Waals surface area contributed by atoms with Crippen LogP contribution >= 0.6 is 0 Å². The van der Waals surface area contributed by atoms with Gasteiger partial charge in [-0.15, -0.1) is 0 Å². The summed E-state index contributed by atoms with van der Waals surface area (Å²) in [5.74, 6) is -0.370. The lowest BCUT2D eigenvalue weighted by molar-refractivity contribution is -0.131. The summed E-state index contributed by atoms with van der Waals surface area (Å²) in [7, 11) is 3.76. The van der Waals surface area contributed by atoms with E-state index in [-0.39, 0.29) is 11.7 Å². The lowest BCUT2D eigenvalue weighted by atomic mass is 9.89. The van der Waals surface area contributed by atoms with Crippen LogP contribution in [0.25, 0.3) is 0 Å². The van der Waals surface area contributed by atoms with Gasteiger partial charge in [0.25, 0.3) is 0 Å². The molecule has 0 fully saturated rings. The second-order valence-corrected chi connectivity index (χ2v) is 5.64. The lowest BCUT2D eigenvalue weighted by Gasteiger charge is -2.35. The Morgan fingerprint density at radius 3 is 2.23 bits per heavy atom. The molecule has 22 heavy (non-hydrogen) atoms. The summed E-state index contributed by atoms with van der Waals surface area (Å²) in [6, 6.07) is 15.8. The van der Waals surface area contributed by atoms with Crippen LogP contribution in [0.3, 0.4) is 0 Å². The summed E-state index contributed by atoms with van der Waals surface area (Å²) in [5, 5.41) is 2.94. The third-order valence-corrected chi connectivity index (χ3v) is 4.04. The van der Waals surface area contributed by atoms with Gasteiger partial charge in [0.15, 0.2) is 0 Å². The molecule has 0 radical (unpaired) electrons. The Hall–Kier alpha value is -2.20. The number of rotatable bonds is 5. The predicted octanol–water partition coefficient (Wildman–Crippen LogP) is 2.92. The van der Waals surface area contributed by atoms with E-state index in [4.69, 9.17) is 0 Å². The van der Waals surface area contributed by atoms with Gasteiger partial charge in [-0.05, 0) is 44.3 Å². The van der Waals surface area contributed by atoms with Crippen molar-refractivity contribution in [3.63, 3.8) is 0 Å². The monoisotopic (exact) mass is 300 g/mol. The van der Waals surface area contributed by atoms with E-state index in [1.807, 2.05) is 56.3 Å². The Labute approximate surface area is 130 Å². The normalized spacial score (nSPS) is 13.7. The molecule has 0 saturated carbocycles. The van der Waals surface area contributed by atoms with Crippen molar-refractivity contribution < 1.29 is 9.18 Å². The highest BCUT2D eigenvalue weighted by molar-refractivity contribution is 5.87. The van der Waals surface area contributed by atoms with Gasteiger partial charge in [0.2, 0.25) is 5.91 Å². The Morgan fingerprint density at radius 2 is 1.68 bits per heavy atom. The molecule has 4 heteroatoms. The smallest absolute Gasteiger partial charge is 0.245 e. The first-order valence-electron chi connectivity index (χ1n) is 7.20. The molecular formula is C18H21FN2O. The molecule has 1 atom stereocenters. The summed E-state index contributed by atoms with van der Waals surface area (Å²) in [5.41, 5.74) is 1.03. The number of halogens is 1. The van der Waals surface area contributed by atoms with Crippen molar-refractivity contribution in [3.05, 3.63) is 71.5 Å². The fraction of sp³-hybridized carbons (Fsp3) is 0.278. The molecule has 2 aromatic carbocycles. The number of nitrogens with zero attached hydrogens (tertiary/aromatic N) is 1. The minimum absolute atomic E-state index is 0.0898. The van der Waals surface area contributed by atoms with Gasteiger partial charge >= 0.3 is 0 Å². The van der Waals surface area contributed by atoms with Crippen molar-refractivity contribution in [2.24, 2.45) is 0 Å². The van der Waals surface area contributed by atoms with Crippen molar-refractivity contribution in [2.75, 3.05) is 14.1 Å². The van der Waals surface area contributed by atoms with E-state index in [0.717, 1.165) is 11.1 Å². The van der Waals surface area contributed by atoms with E-state index in [1.54, 1.807) is 12.1 Å². The SMILES string of the molecule is CN(C)C(C)(C(=O)NCc1ccc(F)cc1)c1ccccc1. The van der Waals surface area contributed by atoms with Crippen LogP contribution in [-0.2, 0) is 16.9 Å². The minimum Gasteiger partial charge on any atom is -0.350 e. The summed E-state index contributed by atoms with van der Waals surface area (Å²) in [6.07, 6.45) is 0. The summed E-state index contributed by atoms with van der Waals surface area (Å²) < 4.78 is 12.9. The van der Waals surface area contributed by atoms with Crippen LogP contribution in [0.5, 0.6) is 0 Å². The van der Waals surface area contributed by atoms with Crippen molar-refractivity contribution in [2.45, 2.75) is 19.0 Å². The molecule has 1 unspecified atom stereocenters. The second kappa shape index (κ2) is 6.71. The van der Waals surface area contributed by atoms with Gasteiger partial charge in [-0.1, -0.05) is 42.5 Å². The summed E-state index contributed by atoms with van der Waals surface area (Å²) in [4.78, 5) is 14.6. The molecule has 0 aliphatic heterocycles. The van der Waals surface area contributed by atoms with E-state index >= 15 is 0 Å². The maximum absolute atomic E-state index is 12.9. The van der Waals surface area contributed by atoms with E-state index < -0.39 is 5.54 Å². The maximum atomic E-state index is 12.9. The van der Waals surface area contributed by atoms with Crippen LogP contribution in [-0.4, -0.2) is 24.9 Å². The van der Waals surface area contributed by atoms with Crippen LogP contribution in [0.2, 0.25) is 0 Å². The number of hydrogen-bond acceptors (Lipinski definition) is 2. The molecule has 0 aliphatic rings. The predicted molar refractivity (Wildman–Crippen MR) is 85.7 cm³/mol. The van der Waals surface area contributed by atoms with E-state index in [0.29, 0.717) is 6.54 Å². The molecule has 3 nitrogen and oxygen atoms in total. The molecule has 0 saturated heterocycles. The van der Waals surface area contributed by atoms with Crippen LogP contribution in [0.1, 0.15) is 18.1 Å².